The molecule has 2 aromatic rings. The van der Waals surface area contributed by atoms with Crippen LogP contribution < -0.4 is 19.7 Å². The van der Waals surface area contributed by atoms with Gasteiger partial charge in [0.05, 0.1) is 25.2 Å². The van der Waals surface area contributed by atoms with Gasteiger partial charge in [-0.2, -0.15) is 0 Å². The van der Waals surface area contributed by atoms with Gasteiger partial charge >= 0.3 is 0 Å². The van der Waals surface area contributed by atoms with E-state index in [0.29, 0.717) is 17.2 Å². The van der Waals surface area contributed by atoms with Gasteiger partial charge in [-0.25, -0.2) is 0 Å². The zero-order valence-corrected chi connectivity index (χ0v) is 15.4. The third-order valence-corrected chi connectivity index (χ3v) is 4.48. The van der Waals surface area contributed by atoms with Gasteiger partial charge in [0.25, 0.3) is 11.6 Å². The average molecular weight is 385 g/mol. The number of benzene rings is 2. The topological polar surface area (TPSA) is 111 Å². The number of nitrogens with one attached hydrogen (secondary N) is 1. The number of nitro benzene ring substituents is 1. The molecule has 0 aliphatic carbocycles. The van der Waals surface area contributed by atoms with E-state index < -0.39 is 16.9 Å². The van der Waals surface area contributed by atoms with Crippen LogP contribution in [0, 0.1) is 10.1 Å². The predicted octanol–water partition coefficient (Wildman–Crippen LogP) is 2.15. The number of hydrogen-bond acceptors (Lipinski definition) is 6. The highest BCUT2D eigenvalue weighted by atomic mass is 16.6. The summed E-state index contributed by atoms with van der Waals surface area (Å²) < 4.78 is 10.5. The Kier molecular flexibility index (Phi) is 5.44. The summed E-state index contributed by atoms with van der Waals surface area (Å²) in [7, 11) is 3.02. The predicted molar refractivity (Wildman–Crippen MR) is 101 cm³/mol. The molecule has 2 amide bonds. The first-order valence-electron chi connectivity index (χ1n) is 8.51. The number of hydrogen-bond donors (Lipinski definition) is 1. The molecule has 1 aliphatic heterocycles. The van der Waals surface area contributed by atoms with Gasteiger partial charge in [0.15, 0.2) is 11.5 Å². The lowest BCUT2D eigenvalue weighted by molar-refractivity contribution is -0.385. The lowest BCUT2D eigenvalue weighted by Crippen LogP contribution is -2.37. The zero-order chi connectivity index (χ0) is 20.3. The molecule has 1 fully saturated rings. The van der Waals surface area contributed by atoms with Gasteiger partial charge in [-0.05, 0) is 18.2 Å². The van der Waals surface area contributed by atoms with Crippen LogP contribution in [0.3, 0.4) is 0 Å². The number of carbonyl (C=O) groups excluding carboxylic acids is 2. The van der Waals surface area contributed by atoms with Crippen molar-refractivity contribution in [2.75, 3.05) is 25.7 Å². The molecule has 1 aliphatic rings. The first-order chi connectivity index (χ1) is 13.4. The summed E-state index contributed by atoms with van der Waals surface area (Å²) in [5.74, 6) is 0.277. The van der Waals surface area contributed by atoms with Crippen molar-refractivity contribution in [3.63, 3.8) is 0 Å². The number of para-hydroxylation sites is 1. The van der Waals surface area contributed by atoms with Crippen molar-refractivity contribution >= 4 is 23.2 Å². The Morgan fingerprint density at radius 1 is 1.18 bits per heavy atom. The lowest BCUT2D eigenvalue weighted by atomic mass is 10.1. The molecular weight excluding hydrogens is 366 g/mol. The number of nitrogens with zero attached hydrogens (tertiary/aromatic N) is 2. The molecule has 146 valence electrons. The third kappa shape index (κ3) is 3.73. The number of methoxy groups -OCH3 is 2. The Hall–Kier alpha value is -3.62. The van der Waals surface area contributed by atoms with Crippen molar-refractivity contribution in [3.8, 4) is 11.5 Å². The highest BCUT2D eigenvalue weighted by molar-refractivity contribution is 6.00. The Morgan fingerprint density at radius 2 is 1.89 bits per heavy atom. The monoisotopic (exact) mass is 385 g/mol. The standard InChI is InChI=1S/C19H19N3O6/c1-27-16-8-7-13(10-17(16)28-2)21-11-12(9-18(21)23)20-19(24)14-5-3-4-6-15(14)22(25)26/h3-8,10,12H,9,11H2,1-2H3,(H,20,24)/t12-/m0/s1. The average Bonchev–Trinajstić information content (AvgIpc) is 3.07. The SMILES string of the molecule is COc1ccc(N2C[C@@H](NC(=O)c3ccccc3[N+](=O)[O-])CC2=O)cc1OC. The number of ether oxygens (including phenoxy) is 2. The van der Waals surface area contributed by atoms with E-state index in [0.717, 1.165) is 0 Å². The minimum Gasteiger partial charge on any atom is -0.493 e. The van der Waals surface area contributed by atoms with E-state index in [9.17, 15) is 19.7 Å². The van der Waals surface area contributed by atoms with Gasteiger partial charge in [-0.15, -0.1) is 0 Å². The number of carbonyl (C=O) groups is 2. The molecule has 0 unspecified atom stereocenters. The summed E-state index contributed by atoms with van der Waals surface area (Å²) in [6.07, 6.45) is 0.0979. The minimum atomic E-state index is -0.606. The Balaban J connectivity index is 1.75. The van der Waals surface area contributed by atoms with Crippen molar-refractivity contribution < 1.29 is 24.0 Å². The van der Waals surface area contributed by atoms with Crippen LogP contribution in [0.4, 0.5) is 11.4 Å². The number of anilines is 1. The van der Waals surface area contributed by atoms with Crippen LogP contribution in [0.15, 0.2) is 42.5 Å². The van der Waals surface area contributed by atoms with Crippen LogP contribution in [-0.4, -0.2) is 43.5 Å². The minimum absolute atomic E-state index is 0.0375. The van der Waals surface area contributed by atoms with E-state index in [-0.39, 0.29) is 30.1 Å². The molecule has 0 spiro atoms. The quantitative estimate of drug-likeness (QED) is 0.602. The van der Waals surface area contributed by atoms with E-state index in [2.05, 4.69) is 5.32 Å². The summed E-state index contributed by atoms with van der Waals surface area (Å²) in [6.45, 7) is 0.251. The molecular formula is C19H19N3O6. The van der Waals surface area contributed by atoms with E-state index in [1.807, 2.05) is 0 Å². The molecule has 0 radical (unpaired) electrons. The molecule has 0 bridgehead atoms. The van der Waals surface area contributed by atoms with Gasteiger partial charge in [0.2, 0.25) is 5.91 Å². The van der Waals surface area contributed by atoms with Gasteiger partial charge in [-0.1, -0.05) is 12.1 Å². The molecule has 3 rings (SSSR count). The molecule has 9 heteroatoms. The van der Waals surface area contributed by atoms with Crippen molar-refractivity contribution in [2.24, 2.45) is 0 Å². The number of rotatable bonds is 6. The van der Waals surface area contributed by atoms with Gasteiger partial charge in [0, 0.05) is 30.8 Å². The summed E-state index contributed by atoms with van der Waals surface area (Å²) >= 11 is 0. The van der Waals surface area contributed by atoms with Crippen molar-refractivity contribution in [3.05, 3.63) is 58.1 Å². The first-order valence-corrected chi connectivity index (χ1v) is 8.51. The second kappa shape index (κ2) is 7.95. The fourth-order valence-corrected chi connectivity index (χ4v) is 3.13. The highest BCUT2D eigenvalue weighted by Crippen LogP contribution is 2.33. The fourth-order valence-electron chi connectivity index (χ4n) is 3.13. The maximum Gasteiger partial charge on any atom is 0.282 e. The number of nitro groups is 1. The van der Waals surface area contributed by atoms with Crippen LogP contribution in [0.1, 0.15) is 16.8 Å². The Morgan fingerprint density at radius 3 is 2.57 bits per heavy atom. The normalized spacial score (nSPS) is 16.0. The molecule has 2 aromatic carbocycles. The Bertz CT molecular complexity index is 930. The molecule has 1 saturated heterocycles. The van der Waals surface area contributed by atoms with Gasteiger partial charge in [-0.3, -0.25) is 19.7 Å². The maximum atomic E-state index is 12.5. The van der Waals surface area contributed by atoms with Crippen molar-refractivity contribution in [1.29, 1.82) is 0 Å². The molecule has 9 nitrogen and oxygen atoms in total. The Labute approximate surface area is 161 Å². The second-order valence-corrected chi connectivity index (χ2v) is 6.19. The molecule has 28 heavy (non-hydrogen) atoms. The van der Waals surface area contributed by atoms with Gasteiger partial charge < -0.3 is 19.7 Å². The van der Waals surface area contributed by atoms with Crippen LogP contribution in [0.5, 0.6) is 11.5 Å². The summed E-state index contributed by atoms with van der Waals surface area (Å²) in [6, 6.07) is 10.3. The largest absolute Gasteiger partial charge is 0.493 e. The summed E-state index contributed by atoms with van der Waals surface area (Å²) in [5.41, 5.74) is 0.302. The van der Waals surface area contributed by atoms with Crippen LogP contribution in [0.25, 0.3) is 0 Å². The lowest BCUT2D eigenvalue weighted by Gasteiger charge is -2.19. The summed E-state index contributed by atoms with van der Waals surface area (Å²) in [4.78, 5) is 36.9. The van der Waals surface area contributed by atoms with Crippen LogP contribution in [-0.2, 0) is 4.79 Å². The molecule has 1 atom stereocenters. The van der Waals surface area contributed by atoms with Gasteiger partial charge in [0.1, 0.15) is 5.56 Å². The summed E-state index contributed by atoms with van der Waals surface area (Å²) in [5, 5.41) is 13.8. The van der Waals surface area contributed by atoms with E-state index in [1.165, 1.54) is 37.3 Å². The number of amides is 2. The van der Waals surface area contributed by atoms with Crippen LogP contribution >= 0.6 is 0 Å². The third-order valence-electron chi connectivity index (χ3n) is 4.48. The fraction of sp³-hybridized carbons (Fsp3) is 0.263. The second-order valence-electron chi connectivity index (χ2n) is 6.19. The van der Waals surface area contributed by atoms with E-state index >= 15 is 0 Å². The van der Waals surface area contributed by atoms with Crippen LogP contribution in [0.2, 0.25) is 0 Å². The van der Waals surface area contributed by atoms with Crippen molar-refractivity contribution in [2.45, 2.75) is 12.5 Å². The highest BCUT2D eigenvalue weighted by Gasteiger charge is 2.33. The zero-order valence-electron chi connectivity index (χ0n) is 15.4. The maximum absolute atomic E-state index is 12.5. The molecule has 1 N–H and O–H groups in total. The van der Waals surface area contributed by atoms with E-state index in [4.69, 9.17) is 9.47 Å². The molecule has 0 saturated carbocycles. The van der Waals surface area contributed by atoms with Crippen molar-refractivity contribution in [1.82, 2.24) is 5.32 Å². The molecule has 0 aromatic heterocycles. The smallest absolute Gasteiger partial charge is 0.282 e. The van der Waals surface area contributed by atoms with E-state index in [1.54, 1.807) is 24.3 Å². The molecule has 1 heterocycles. The first kappa shape index (κ1) is 19.2.